The highest BCUT2D eigenvalue weighted by Crippen LogP contribution is 2.38. The first kappa shape index (κ1) is 21.7. The Morgan fingerprint density at radius 1 is 1.22 bits per heavy atom. The molecule has 0 N–H and O–H groups in total. The standard InChI is InChI=1S/C16H30N2O4Si/c1-11(2)9-12(22-23(7,8)16(3,4)5)10-13(19)14(18-17)15(20)21-6/h11-12H,9-10H2,1-8H3. The van der Waals surface area contributed by atoms with Crippen LogP contribution in [0.25, 0.3) is 5.53 Å². The summed E-state index contributed by atoms with van der Waals surface area (Å²) >= 11 is 0. The molecule has 0 fully saturated rings. The number of Topliss-reactive ketones (excluding diaryl/α,β-unsaturated/α-hetero) is 1. The van der Waals surface area contributed by atoms with Crippen molar-refractivity contribution < 1.29 is 23.5 Å². The van der Waals surface area contributed by atoms with Crippen molar-refractivity contribution in [2.75, 3.05) is 7.11 Å². The van der Waals surface area contributed by atoms with Crippen LogP contribution in [0.2, 0.25) is 18.1 Å². The van der Waals surface area contributed by atoms with Gasteiger partial charge in [0.25, 0.3) is 5.78 Å². The van der Waals surface area contributed by atoms with Crippen molar-refractivity contribution in [1.29, 1.82) is 0 Å². The summed E-state index contributed by atoms with van der Waals surface area (Å²) in [5.74, 6) is -1.16. The van der Waals surface area contributed by atoms with Crippen LogP contribution in [0.15, 0.2) is 0 Å². The monoisotopic (exact) mass is 342 g/mol. The molecule has 23 heavy (non-hydrogen) atoms. The molecule has 0 aliphatic rings. The zero-order valence-electron chi connectivity index (χ0n) is 15.6. The minimum Gasteiger partial charge on any atom is -0.460 e. The van der Waals surface area contributed by atoms with Crippen molar-refractivity contribution in [2.45, 2.75) is 71.7 Å². The molecule has 0 aromatic heterocycles. The van der Waals surface area contributed by atoms with Crippen LogP contribution in [-0.2, 0) is 18.8 Å². The molecule has 1 unspecified atom stereocenters. The van der Waals surface area contributed by atoms with Crippen LogP contribution in [0.3, 0.4) is 0 Å². The van der Waals surface area contributed by atoms with Crippen molar-refractivity contribution in [2.24, 2.45) is 5.92 Å². The highest BCUT2D eigenvalue weighted by atomic mass is 28.4. The molecule has 0 aromatic carbocycles. The van der Waals surface area contributed by atoms with Crippen LogP contribution in [0.4, 0.5) is 0 Å². The van der Waals surface area contributed by atoms with Gasteiger partial charge < -0.3 is 14.7 Å². The molecule has 0 radical (unpaired) electrons. The van der Waals surface area contributed by atoms with E-state index in [2.05, 4.69) is 43.4 Å². The van der Waals surface area contributed by atoms with Crippen LogP contribution >= 0.6 is 0 Å². The summed E-state index contributed by atoms with van der Waals surface area (Å²) in [4.78, 5) is 26.5. The number of rotatable bonds is 8. The Morgan fingerprint density at radius 2 is 1.74 bits per heavy atom. The highest BCUT2D eigenvalue weighted by Gasteiger charge is 2.41. The Labute approximate surface area is 140 Å². The summed E-state index contributed by atoms with van der Waals surface area (Å²) in [5.41, 5.74) is 8.31. The van der Waals surface area contributed by atoms with Gasteiger partial charge in [-0.25, -0.2) is 4.79 Å². The minimum absolute atomic E-state index is 0.000810. The van der Waals surface area contributed by atoms with Crippen LogP contribution in [-0.4, -0.2) is 43.8 Å². The van der Waals surface area contributed by atoms with Gasteiger partial charge in [-0.1, -0.05) is 34.6 Å². The van der Waals surface area contributed by atoms with E-state index in [-0.39, 0.29) is 17.6 Å². The number of ether oxygens (including phenoxy) is 1. The summed E-state index contributed by atoms with van der Waals surface area (Å²) in [6.45, 7) is 14.7. The van der Waals surface area contributed by atoms with Crippen molar-refractivity contribution in [3.8, 4) is 0 Å². The van der Waals surface area contributed by atoms with E-state index in [9.17, 15) is 9.59 Å². The third-order valence-electron chi connectivity index (χ3n) is 4.16. The predicted octanol–water partition coefficient (Wildman–Crippen LogP) is 3.23. The number of nitrogens with zero attached hydrogens (tertiary/aromatic N) is 2. The first-order chi connectivity index (χ1) is 10.4. The number of ketones is 1. The van der Waals surface area contributed by atoms with Gasteiger partial charge in [-0.15, -0.1) is 0 Å². The molecule has 0 aliphatic heterocycles. The van der Waals surface area contributed by atoms with E-state index in [0.29, 0.717) is 12.3 Å². The Balaban J connectivity index is 5.25. The molecule has 0 heterocycles. The Kier molecular flexibility index (Phi) is 8.04. The average Bonchev–Trinajstić information content (AvgIpc) is 2.36. The smallest absolute Gasteiger partial charge is 0.441 e. The lowest BCUT2D eigenvalue weighted by Crippen LogP contribution is -2.45. The maximum absolute atomic E-state index is 12.2. The third-order valence-corrected chi connectivity index (χ3v) is 8.69. The normalized spacial score (nSPS) is 13.4. The number of hydrogen-bond donors (Lipinski definition) is 0. The van der Waals surface area contributed by atoms with Crippen molar-refractivity contribution >= 4 is 25.8 Å². The zero-order valence-corrected chi connectivity index (χ0v) is 16.6. The van der Waals surface area contributed by atoms with Gasteiger partial charge in [0.15, 0.2) is 8.32 Å². The van der Waals surface area contributed by atoms with Gasteiger partial charge >= 0.3 is 11.7 Å². The fraction of sp³-hybridized carbons (Fsp3) is 0.812. The van der Waals surface area contributed by atoms with Gasteiger partial charge in [-0.05, 0) is 30.5 Å². The second kappa shape index (κ2) is 8.52. The van der Waals surface area contributed by atoms with Crippen LogP contribution in [0, 0.1) is 5.92 Å². The average molecular weight is 343 g/mol. The quantitative estimate of drug-likeness (QED) is 0.169. The number of hydrogen-bond acceptors (Lipinski definition) is 4. The zero-order chi connectivity index (χ0) is 18.4. The lowest BCUT2D eigenvalue weighted by molar-refractivity contribution is -0.139. The molecule has 0 aromatic rings. The second-order valence-corrected chi connectivity index (χ2v) is 12.5. The summed E-state index contributed by atoms with van der Waals surface area (Å²) in [5, 5.41) is 0.0154. The lowest BCUT2D eigenvalue weighted by atomic mass is 10.0. The molecule has 0 aliphatic carbocycles. The van der Waals surface area contributed by atoms with E-state index in [1.807, 2.05) is 13.8 Å². The van der Waals surface area contributed by atoms with E-state index < -0.39 is 25.8 Å². The van der Waals surface area contributed by atoms with Crippen molar-refractivity contribution in [1.82, 2.24) is 0 Å². The molecule has 0 rings (SSSR count). The van der Waals surface area contributed by atoms with Crippen LogP contribution in [0.1, 0.15) is 47.5 Å². The van der Waals surface area contributed by atoms with Gasteiger partial charge in [-0.3, -0.25) is 4.79 Å². The molecule has 6 nitrogen and oxygen atoms in total. The van der Waals surface area contributed by atoms with Crippen molar-refractivity contribution in [3.05, 3.63) is 5.53 Å². The fourth-order valence-corrected chi connectivity index (χ4v) is 3.27. The topological polar surface area (TPSA) is 89.0 Å². The Bertz CT molecular complexity index is 489. The van der Waals surface area contributed by atoms with Gasteiger partial charge in [0, 0.05) is 6.42 Å². The van der Waals surface area contributed by atoms with Gasteiger partial charge in [0.2, 0.25) is 0 Å². The summed E-state index contributed by atoms with van der Waals surface area (Å²) < 4.78 is 10.8. The van der Waals surface area contributed by atoms with Crippen molar-refractivity contribution in [3.63, 3.8) is 0 Å². The fourth-order valence-electron chi connectivity index (χ4n) is 1.90. The number of methoxy groups -OCH3 is 1. The van der Waals surface area contributed by atoms with Gasteiger partial charge in [0.05, 0.1) is 13.2 Å². The maximum Gasteiger partial charge on any atom is 0.441 e. The molecule has 0 spiro atoms. The molecular formula is C16H30N2O4Si. The maximum atomic E-state index is 12.2. The van der Waals surface area contributed by atoms with E-state index in [0.717, 1.165) is 7.11 Å². The lowest BCUT2D eigenvalue weighted by Gasteiger charge is -2.39. The summed E-state index contributed by atoms with van der Waals surface area (Å²) in [7, 11) is -0.915. The van der Waals surface area contributed by atoms with Gasteiger partial charge in [0.1, 0.15) is 0 Å². The molecule has 0 saturated heterocycles. The van der Waals surface area contributed by atoms with E-state index in [1.54, 1.807) is 0 Å². The number of carbonyl (C=O) groups excluding carboxylic acids is 2. The Hall–Kier alpha value is -1.30. The molecule has 132 valence electrons. The molecule has 0 saturated carbocycles. The molecular weight excluding hydrogens is 312 g/mol. The number of esters is 1. The largest absolute Gasteiger partial charge is 0.460 e. The Morgan fingerprint density at radius 3 is 2.09 bits per heavy atom. The highest BCUT2D eigenvalue weighted by molar-refractivity contribution is 6.74. The van der Waals surface area contributed by atoms with E-state index in [4.69, 9.17) is 9.96 Å². The third kappa shape index (κ3) is 6.77. The molecule has 1 atom stereocenters. The first-order valence-electron chi connectivity index (χ1n) is 7.87. The predicted molar refractivity (Wildman–Crippen MR) is 91.8 cm³/mol. The summed E-state index contributed by atoms with van der Waals surface area (Å²) in [6.07, 6.45) is 0.377. The SMILES string of the molecule is COC(=O)C(=[N+]=[N-])C(=O)CC(CC(C)C)O[Si](C)(C)C(C)(C)C. The van der Waals surface area contributed by atoms with E-state index >= 15 is 0 Å². The summed E-state index contributed by atoms with van der Waals surface area (Å²) in [6, 6.07) is 0. The van der Waals surface area contributed by atoms with Crippen LogP contribution in [0.5, 0.6) is 0 Å². The molecule has 0 amide bonds. The first-order valence-corrected chi connectivity index (χ1v) is 10.8. The van der Waals surface area contributed by atoms with Gasteiger partial charge in [-0.2, -0.15) is 4.79 Å². The number of carbonyl (C=O) groups is 2. The molecule has 0 bridgehead atoms. The van der Waals surface area contributed by atoms with Crippen LogP contribution < -0.4 is 0 Å². The molecule has 7 heteroatoms. The van der Waals surface area contributed by atoms with E-state index in [1.165, 1.54) is 0 Å². The second-order valence-electron chi connectivity index (χ2n) is 7.70. The minimum atomic E-state index is -2.05.